The molecule has 0 atom stereocenters. The van der Waals surface area contributed by atoms with Gasteiger partial charge in [-0.3, -0.25) is 9.48 Å². The highest BCUT2D eigenvalue weighted by molar-refractivity contribution is 9.10. The van der Waals surface area contributed by atoms with Crippen LogP contribution in [0.2, 0.25) is 5.02 Å². The number of nitrogens with zero attached hydrogens (tertiary/aromatic N) is 2. The van der Waals surface area contributed by atoms with Crippen molar-refractivity contribution < 1.29 is 9.18 Å². The summed E-state index contributed by atoms with van der Waals surface area (Å²) in [6.07, 6.45) is 1.53. The van der Waals surface area contributed by atoms with Crippen molar-refractivity contribution in [1.82, 2.24) is 9.78 Å². The van der Waals surface area contributed by atoms with Crippen molar-refractivity contribution in [3.8, 4) is 0 Å². The summed E-state index contributed by atoms with van der Waals surface area (Å²) < 4.78 is 15.0. The Bertz CT molecular complexity index is 578. The van der Waals surface area contributed by atoms with Gasteiger partial charge in [0.05, 0.1) is 15.7 Å². The molecule has 88 valence electrons. The molecule has 3 nitrogen and oxygen atoms in total. The summed E-state index contributed by atoms with van der Waals surface area (Å²) in [6.45, 7) is 0. The highest BCUT2D eigenvalue weighted by Gasteiger charge is 2.18. The molecule has 1 aromatic heterocycles. The standard InChI is InChI=1S/C11H7BrClFN2O/c1-16-10(7(12)5-15-16)11(17)6-2-3-9(14)8(13)4-6/h2-5H,1H3. The third-order valence-electron chi connectivity index (χ3n) is 2.29. The largest absolute Gasteiger partial charge is 0.287 e. The minimum absolute atomic E-state index is 0.0749. The zero-order valence-electron chi connectivity index (χ0n) is 8.75. The van der Waals surface area contributed by atoms with Crippen molar-refractivity contribution in [2.75, 3.05) is 0 Å². The Hall–Kier alpha value is -1.20. The molecule has 0 N–H and O–H groups in total. The summed E-state index contributed by atoms with van der Waals surface area (Å²) >= 11 is 8.87. The summed E-state index contributed by atoms with van der Waals surface area (Å²) in [7, 11) is 1.66. The van der Waals surface area contributed by atoms with E-state index >= 15 is 0 Å². The topological polar surface area (TPSA) is 34.9 Å². The number of halogens is 3. The average Bonchev–Trinajstić information content (AvgIpc) is 2.62. The second-order valence-corrected chi connectivity index (χ2v) is 4.68. The van der Waals surface area contributed by atoms with Gasteiger partial charge in [0.25, 0.3) is 0 Å². The van der Waals surface area contributed by atoms with Crippen LogP contribution in [0.3, 0.4) is 0 Å². The second-order valence-electron chi connectivity index (χ2n) is 3.42. The number of rotatable bonds is 2. The molecule has 0 saturated heterocycles. The van der Waals surface area contributed by atoms with Crippen molar-refractivity contribution in [3.63, 3.8) is 0 Å². The van der Waals surface area contributed by atoms with Crippen LogP contribution in [0.1, 0.15) is 16.1 Å². The van der Waals surface area contributed by atoms with E-state index in [0.29, 0.717) is 15.7 Å². The molecule has 0 amide bonds. The fourth-order valence-corrected chi connectivity index (χ4v) is 2.15. The summed E-state index contributed by atoms with van der Waals surface area (Å²) in [4.78, 5) is 12.1. The number of aromatic nitrogens is 2. The highest BCUT2D eigenvalue weighted by atomic mass is 79.9. The fraction of sp³-hybridized carbons (Fsp3) is 0.0909. The van der Waals surface area contributed by atoms with E-state index in [2.05, 4.69) is 21.0 Å². The van der Waals surface area contributed by atoms with Crippen LogP contribution in [0.5, 0.6) is 0 Å². The normalized spacial score (nSPS) is 10.6. The van der Waals surface area contributed by atoms with E-state index in [1.807, 2.05) is 0 Å². The lowest BCUT2D eigenvalue weighted by Crippen LogP contribution is -2.09. The third-order valence-corrected chi connectivity index (χ3v) is 3.16. The molecule has 17 heavy (non-hydrogen) atoms. The van der Waals surface area contributed by atoms with Gasteiger partial charge in [0.1, 0.15) is 11.5 Å². The molecule has 6 heteroatoms. The summed E-state index contributed by atoms with van der Waals surface area (Å²) in [5.74, 6) is -0.814. The van der Waals surface area contributed by atoms with Gasteiger partial charge >= 0.3 is 0 Å². The van der Waals surface area contributed by atoms with Gasteiger partial charge in [0.2, 0.25) is 5.78 Å². The first kappa shape index (κ1) is 12.3. The highest BCUT2D eigenvalue weighted by Crippen LogP contribution is 2.22. The molecule has 0 aliphatic rings. The number of hydrogen-bond acceptors (Lipinski definition) is 2. The van der Waals surface area contributed by atoms with E-state index in [0.717, 1.165) is 0 Å². The van der Waals surface area contributed by atoms with Gasteiger partial charge < -0.3 is 0 Å². The van der Waals surface area contributed by atoms with E-state index in [-0.39, 0.29) is 10.8 Å². The van der Waals surface area contributed by atoms with Crippen molar-refractivity contribution in [2.45, 2.75) is 0 Å². The molecule has 0 saturated carbocycles. The molecular formula is C11H7BrClFN2O. The van der Waals surface area contributed by atoms with Crippen LogP contribution < -0.4 is 0 Å². The van der Waals surface area contributed by atoms with Crippen LogP contribution in [0, 0.1) is 5.82 Å². The first-order valence-electron chi connectivity index (χ1n) is 4.68. The quantitative estimate of drug-likeness (QED) is 0.797. The van der Waals surface area contributed by atoms with Gasteiger partial charge in [-0.2, -0.15) is 5.10 Å². The van der Waals surface area contributed by atoms with Gasteiger partial charge in [0.15, 0.2) is 0 Å². The number of benzene rings is 1. The zero-order valence-corrected chi connectivity index (χ0v) is 11.1. The van der Waals surface area contributed by atoms with Gasteiger partial charge in [-0.05, 0) is 34.1 Å². The molecule has 0 radical (unpaired) electrons. The Morgan fingerprint density at radius 1 is 1.53 bits per heavy atom. The lowest BCUT2D eigenvalue weighted by Gasteiger charge is -2.03. The molecule has 0 bridgehead atoms. The van der Waals surface area contributed by atoms with E-state index in [1.54, 1.807) is 7.05 Å². The fourth-order valence-electron chi connectivity index (χ4n) is 1.44. The average molecular weight is 318 g/mol. The minimum atomic E-state index is -0.549. The first-order chi connectivity index (χ1) is 8.00. The van der Waals surface area contributed by atoms with Gasteiger partial charge in [0, 0.05) is 12.6 Å². The summed E-state index contributed by atoms with van der Waals surface area (Å²) in [6, 6.07) is 3.86. The van der Waals surface area contributed by atoms with Crippen LogP contribution in [0.25, 0.3) is 0 Å². The maximum Gasteiger partial charge on any atom is 0.212 e. The van der Waals surface area contributed by atoms with Gasteiger partial charge in [-0.1, -0.05) is 11.6 Å². The number of carbonyl (C=O) groups excluding carboxylic acids is 1. The van der Waals surface area contributed by atoms with Gasteiger partial charge in [-0.15, -0.1) is 0 Å². The number of hydrogen-bond donors (Lipinski definition) is 0. The predicted octanol–water partition coefficient (Wildman–Crippen LogP) is 3.21. The van der Waals surface area contributed by atoms with Crippen molar-refractivity contribution >= 4 is 33.3 Å². The second kappa shape index (κ2) is 4.58. The number of ketones is 1. The lowest BCUT2D eigenvalue weighted by atomic mass is 10.1. The molecule has 0 fully saturated rings. The van der Waals surface area contributed by atoms with E-state index < -0.39 is 5.82 Å². The Morgan fingerprint density at radius 2 is 2.24 bits per heavy atom. The maximum absolute atomic E-state index is 13.0. The molecule has 2 aromatic rings. The van der Waals surface area contributed by atoms with Crippen LogP contribution in [-0.2, 0) is 7.05 Å². The first-order valence-corrected chi connectivity index (χ1v) is 5.85. The SMILES string of the molecule is Cn1ncc(Br)c1C(=O)c1ccc(F)c(Cl)c1. The molecule has 1 aromatic carbocycles. The van der Waals surface area contributed by atoms with Crippen molar-refractivity contribution in [2.24, 2.45) is 7.05 Å². The molecule has 1 heterocycles. The summed E-state index contributed by atoms with van der Waals surface area (Å²) in [5, 5.41) is 3.87. The van der Waals surface area contributed by atoms with Crippen molar-refractivity contribution in [3.05, 3.63) is 51.0 Å². The predicted molar refractivity (Wildman–Crippen MR) is 65.8 cm³/mol. The molecule has 0 aliphatic heterocycles. The molecular weight excluding hydrogens is 310 g/mol. The third kappa shape index (κ3) is 2.25. The Morgan fingerprint density at radius 3 is 2.76 bits per heavy atom. The summed E-state index contributed by atoms with van der Waals surface area (Å²) in [5.41, 5.74) is 0.716. The smallest absolute Gasteiger partial charge is 0.212 e. The maximum atomic E-state index is 13.0. The van der Waals surface area contributed by atoms with E-state index in [9.17, 15) is 9.18 Å². The minimum Gasteiger partial charge on any atom is -0.287 e. The Kier molecular flexibility index (Phi) is 3.31. The monoisotopic (exact) mass is 316 g/mol. The van der Waals surface area contributed by atoms with Gasteiger partial charge in [-0.25, -0.2) is 4.39 Å². The zero-order chi connectivity index (χ0) is 12.6. The molecule has 0 spiro atoms. The van der Waals surface area contributed by atoms with Crippen LogP contribution in [-0.4, -0.2) is 15.6 Å². The van der Waals surface area contributed by atoms with Crippen LogP contribution in [0.4, 0.5) is 4.39 Å². The number of carbonyl (C=O) groups is 1. The van der Waals surface area contributed by atoms with E-state index in [1.165, 1.54) is 29.1 Å². The number of aryl methyl sites for hydroxylation is 1. The lowest BCUT2D eigenvalue weighted by molar-refractivity contribution is 0.102. The van der Waals surface area contributed by atoms with E-state index in [4.69, 9.17) is 11.6 Å². The molecule has 0 aliphatic carbocycles. The Balaban J connectivity index is 2.48. The van der Waals surface area contributed by atoms with Crippen LogP contribution in [0.15, 0.2) is 28.9 Å². The van der Waals surface area contributed by atoms with Crippen LogP contribution >= 0.6 is 27.5 Å². The molecule has 0 unspecified atom stereocenters. The molecule has 2 rings (SSSR count). The Labute approximate surface area is 110 Å². The van der Waals surface area contributed by atoms with Crippen molar-refractivity contribution in [1.29, 1.82) is 0 Å².